The van der Waals surface area contributed by atoms with Crippen LogP contribution in [0.1, 0.15) is 30.2 Å². The number of carbonyl (C=O) groups is 1. The van der Waals surface area contributed by atoms with Crippen molar-refractivity contribution in [1.29, 1.82) is 0 Å². The summed E-state index contributed by atoms with van der Waals surface area (Å²) in [6, 6.07) is 19.0. The van der Waals surface area contributed by atoms with Crippen LogP contribution in [0.25, 0.3) is 20.9 Å². The molecule has 2 heterocycles. The zero-order chi connectivity index (χ0) is 23.0. The Hall–Kier alpha value is -3.42. The molecule has 2 aromatic heterocycles. The SMILES string of the molecule is CC(CC(=O)O)NCc1ccc(-c2nc3ccc(C4(c5ccccc5)C=C4)nc3s2)c(F)c1. The molecule has 0 amide bonds. The maximum Gasteiger partial charge on any atom is 0.304 e. The van der Waals surface area contributed by atoms with Gasteiger partial charge in [0.25, 0.3) is 0 Å². The van der Waals surface area contributed by atoms with Crippen molar-refractivity contribution in [3.05, 3.63) is 95.5 Å². The molecule has 1 aliphatic rings. The van der Waals surface area contributed by atoms with Crippen LogP contribution in [0.15, 0.2) is 72.8 Å². The third-order valence-corrected chi connectivity index (χ3v) is 6.83. The highest BCUT2D eigenvalue weighted by Crippen LogP contribution is 2.45. The number of pyridine rings is 1. The Labute approximate surface area is 194 Å². The van der Waals surface area contributed by atoms with Gasteiger partial charge < -0.3 is 10.4 Å². The summed E-state index contributed by atoms with van der Waals surface area (Å²) in [5.74, 6) is -1.22. The maximum atomic E-state index is 14.9. The van der Waals surface area contributed by atoms with E-state index in [-0.39, 0.29) is 23.7 Å². The van der Waals surface area contributed by atoms with Gasteiger partial charge in [0.1, 0.15) is 21.2 Å². The minimum Gasteiger partial charge on any atom is -0.481 e. The zero-order valence-corrected chi connectivity index (χ0v) is 18.8. The van der Waals surface area contributed by atoms with Crippen molar-refractivity contribution in [3.8, 4) is 10.6 Å². The quantitative estimate of drug-likeness (QED) is 0.350. The number of hydrogen-bond acceptors (Lipinski definition) is 5. The van der Waals surface area contributed by atoms with E-state index in [2.05, 4.69) is 34.6 Å². The third-order valence-electron chi connectivity index (χ3n) is 5.83. The molecule has 0 saturated heterocycles. The summed E-state index contributed by atoms with van der Waals surface area (Å²) in [6.07, 6.45) is 4.30. The lowest BCUT2D eigenvalue weighted by atomic mass is 9.89. The van der Waals surface area contributed by atoms with Crippen molar-refractivity contribution in [2.24, 2.45) is 0 Å². The predicted molar refractivity (Wildman–Crippen MR) is 128 cm³/mol. The van der Waals surface area contributed by atoms with Gasteiger partial charge >= 0.3 is 5.97 Å². The van der Waals surface area contributed by atoms with Crippen LogP contribution in [0, 0.1) is 5.82 Å². The lowest BCUT2D eigenvalue weighted by Crippen LogP contribution is -2.27. The van der Waals surface area contributed by atoms with Crippen LogP contribution in [0.4, 0.5) is 4.39 Å². The molecule has 7 heteroatoms. The maximum absolute atomic E-state index is 14.9. The van der Waals surface area contributed by atoms with E-state index in [1.807, 2.05) is 36.4 Å². The number of fused-ring (bicyclic) bond motifs is 1. The number of aromatic nitrogens is 2. The summed E-state index contributed by atoms with van der Waals surface area (Å²) in [6.45, 7) is 2.19. The van der Waals surface area contributed by atoms with E-state index >= 15 is 0 Å². The van der Waals surface area contributed by atoms with Gasteiger partial charge in [0.05, 0.1) is 17.5 Å². The normalized spacial score (nSPS) is 15.0. The number of nitrogens with one attached hydrogen (secondary N) is 1. The number of aliphatic carboxylic acids is 1. The predicted octanol–water partition coefficient (Wildman–Crippen LogP) is 5.31. The van der Waals surface area contributed by atoms with E-state index in [4.69, 9.17) is 10.1 Å². The Bertz CT molecular complexity index is 1360. The summed E-state index contributed by atoms with van der Waals surface area (Å²) in [7, 11) is 0. The molecular weight excluding hydrogens is 437 g/mol. The molecule has 5 nitrogen and oxygen atoms in total. The first-order valence-corrected chi connectivity index (χ1v) is 11.5. The Balaban J connectivity index is 1.38. The second kappa shape index (κ2) is 8.50. The monoisotopic (exact) mass is 459 g/mol. The standard InChI is InChI=1S/C26H22FN3O2S/c1-16(13-23(31)32)28-15-17-7-8-19(20(27)14-17)24-29-21-9-10-22(30-25(21)33-24)26(11-12-26)18-5-3-2-4-6-18/h2-12,14,16,28H,13,15H2,1H3,(H,31,32). The van der Waals surface area contributed by atoms with Crippen LogP contribution in [0.3, 0.4) is 0 Å². The minimum absolute atomic E-state index is 0.0162. The van der Waals surface area contributed by atoms with Crippen molar-refractivity contribution in [1.82, 2.24) is 15.3 Å². The molecule has 2 aromatic carbocycles. The molecule has 1 atom stereocenters. The number of allylic oxidation sites excluding steroid dienone is 2. The smallest absolute Gasteiger partial charge is 0.304 e. The molecule has 0 radical (unpaired) electrons. The van der Waals surface area contributed by atoms with E-state index in [1.165, 1.54) is 23.0 Å². The molecule has 0 aliphatic heterocycles. The van der Waals surface area contributed by atoms with Gasteiger partial charge in [-0.2, -0.15) is 0 Å². The molecule has 33 heavy (non-hydrogen) atoms. The first-order chi connectivity index (χ1) is 15.9. The van der Waals surface area contributed by atoms with Gasteiger partial charge in [-0.3, -0.25) is 4.79 Å². The Morgan fingerprint density at radius 1 is 1.12 bits per heavy atom. The van der Waals surface area contributed by atoms with Gasteiger partial charge in [-0.05, 0) is 42.3 Å². The fourth-order valence-electron chi connectivity index (χ4n) is 3.94. The third kappa shape index (κ3) is 4.29. The highest BCUT2D eigenvalue weighted by atomic mass is 32.1. The summed E-state index contributed by atoms with van der Waals surface area (Å²) >= 11 is 1.38. The number of carboxylic acids is 1. The van der Waals surface area contributed by atoms with Crippen LogP contribution < -0.4 is 5.32 Å². The van der Waals surface area contributed by atoms with Crippen LogP contribution in [0.5, 0.6) is 0 Å². The van der Waals surface area contributed by atoms with E-state index in [9.17, 15) is 9.18 Å². The number of hydrogen-bond donors (Lipinski definition) is 2. The second-order valence-corrected chi connectivity index (χ2v) is 9.28. The first kappa shape index (κ1) is 21.4. The molecule has 2 N–H and O–H groups in total. The molecule has 5 rings (SSSR count). The van der Waals surface area contributed by atoms with E-state index < -0.39 is 5.97 Å². The summed E-state index contributed by atoms with van der Waals surface area (Å²) < 4.78 is 14.9. The van der Waals surface area contributed by atoms with Gasteiger partial charge in [0, 0.05) is 18.2 Å². The lowest BCUT2D eigenvalue weighted by Gasteiger charge is -2.15. The molecular formula is C26H22FN3O2S. The highest BCUT2D eigenvalue weighted by Gasteiger charge is 2.39. The first-order valence-electron chi connectivity index (χ1n) is 10.7. The van der Waals surface area contributed by atoms with Crippen LogP contribution in [0.2, 0.25) is 0 Å². The van der Waals surface area contributed by atoms with Gasteiger partial charge in [0.15, 0.2) is 0 Å². The summed E-state index contributed by atoms with van der Waals surface area (Å²) in [5, 5.41) is 12.5. The average Bonchev–Trinajstić information content (AvgIpc) is 3.51. The number of halogens is 1. The van der Waals surface area contributed by atoms with E-state index in [0.717, 1.165) is 21.6 Å². The van der Waals surface area contributed by atoms with E-state index in [1.54, 1.807) is 13.0 Å². The van der Waals surface area contributed by atoms with Gasteiger partial charge in [-0.25, -0.2) is 14.4 Å². The molecule has 0 fully saturated rings. The highest BCUT2D eigenvalue weighted by molar-refractivity contribution is 7.21. The van der Waals surface area contributed by atoms with Crippen molar-refractivity contribution in [2.75, 3.05) is 0 Å². The summed E-state index contributed by atoms with van der Waals surface area (Å²) in [4.78, 5) is 21.0. The molecule has 1 unspecified atom stereocenters. The van der Waals surface area contributed by atoms with Crippen molar-refractivity contribution in [2.45, 2.75) is 31.3 Å². The van der Waals surface area contributed by atoms with Crippen molar-refractivity contribution in [3.63, 3.8) is 0 Å². The number of benzene rings is 2. The summed E-state index contributed by atoms with van der Waals surface area (Å²) in [5.41, 5.74) is 3.78. The number of rotatable bonds is 8. The van der Waals surface area contributed by atoms with Crippen LogP contribution in [-0.4, -0.2) is 27.1 Å². The molecule has 0 bridgehead atoms. The number of nitrogens with zero attached hydrogens (tertiary/aromatic N) is 2. The Kier molecular flexibility index (Phi) is 5.52. The molecule has 0 spiro atoms. The Morgan fingerprint density at radius 3 is 2.61 bits per heavy atom. The van der Waals surface area contributed by atoms with Crippen LogP contribution >= 0.6 is 11.3 Å². The minimum atomic E-state index is -0.865. The fraction of sp³-hybridized carbons (Fsp3) is 0.192. The number of thiazole rings is 1. The van der Waals surface area contributed by atoms with Crippen molar-refractivity contribution >= 4 is 27.7 Å². The molecule has 0 saturated carbocycles. The fourth-order valence-corrected chi connectivity index (χ4v) is 4.90. The Morgan fingerprint density at radius 2 is 1.91 bits per heavy atom. The van der Waals surface area contributed by atoms with Gasteiger partial charge in [0.2, 0.25) is 0 Å². The van der Waals surface area contributed by atoms with Crippen LogP contribution in [-0.2, 0) is 16.8 Å². The lowest BCUT2D eigenvalue weighted by molar-refractivity contribution is -0.137. The average molecular weight is 460 g/mol. The van der Waals surface area contributed by atoms with Gasteiger partial charge in [-0.15, -0.1) is 0 Å². The van der Waals surface area contributed by atoms with E-state index in [0.29, 0.717) is 17.1 Å². The number of carboxylic acid groups (broad SMARTS) is 1. The van der Waals surface area contributed by atoms with Gasteiger partial charge in [-0.1, -0.05) is 59.9 Å². The van der Waals surface area contributed by atoms with Crippen molar-refractivity contribution < 1.29 is 14.3 Å². The zero-order valence-electron chi connectivity index (χ0n) is 18.0. The molecule has 1 aliphatic carbocycles. The molecule has 4 aromatic rings. The molecule has 166 valence electrons. The largest absolute Gasteiger partial charge is 0.481 e. The second-order valence-electron chi connectivity index (χ2n) is 8.30. The topological polar surface area (TPSA) is 75.1 Å².